The standard InChI is InChI=1S/C18H28N2O2.2C2HF3O2/c1-15-2-5-17(22-15)13-19-8-6-18(7-9-19)14-21-11-10-20(18)12-16-3-4-16;2*3-2(4,5)1(6)7/h2,5,16H,3-4,6-14H2,1H3;2*(H,6,7). The van der Waals surface area contributed by atoms with Crippen LogP contribution in [0.3, 0.4) is 0 Å². The summed E-state index contributed by atoms with van der Waals surface area (Å²) in [7, 11) is 0. The van der Waals surface area contributed by atoms with E-state index < -0.39 is 24.3 Å². The van der Waals surface area contributed by atoms with Crippen LogP contribution in [0.25, 0.3) is 0 Å². The fourth-order valence-electron chi connectivity index (χ4n) is 4.04. The minimum atomic E-state index is -5.08. The maximum Gasteiger partial charge on any atom is 0.490 e. The second-order valence-electron chi connectivity index (χ2n) is 9.06. The van der Waals surface area contributed by atoms with Crippen LogP contribution >= 0.6 is 0 Å². The molecule has 0 radical (unpaired) electrons. The summed E-state index contributed by atoms with van der Waals surface area (Å²) in [4.78, 5) is 23.1. The number of morpholine rings is 1. The van der Waals surface area contributed by atoms with Crippen molar-refractivity contribution in [1.29, 1.82) is 0 Å². The fraction of sp³-hybridized carbons (Fsp3) is 0.727. The molecule has 0 bridgehead atoms. The van der Waals surface area contributed by atoms with E-state index in [9.17, 15) is 26.3 Å². The number of carboxylic acids is 2. The second kappa shape index (κ2) is 12.3. The maximum absolute atomic E-state index is 10.6. The van der Waals surface area contributed by atoms with Gasteiger partial charge in [-0.2, -0.15) is 26.3 Å². The van der Waals surface area contributed by atoms with Gasteiger partial charge >= 0.3 is 24.3 Å². The van der Waals surface area contributed by atoms with E-state index in [1.807, 2.05) is 6.92 Å². The lowest BCUT2D eigenvalue weighted by atomic mass is 9.85. The van der Waals surface area contributed by atoms with Crippen LogP contribution in [0, 0.1) is 12.8 Å². The normalized spacial score (nSPS) is 20.6. The predicted molar refractivity (Wildman–Crippen MR) is 113 cm³/mol. The molecule has 3 fully saturated rings. The number of rotatable bonds is 4. The second-order valence-corrected chi connectivity index (χ2v) is 9.06. The quantitative estimate of drug-likeness (QED) is 0.563. The van der Waals surface area contributed by atoms with Gasteiger partial charge < -0.3 is 19.4 Å². The number of carbonyl (C=O) groups is 2. The Kier molecular flexibility index (Phi) is 10.2. The molecule has 3 aliphatic rings. The molecule has 2 saturated heterocycles. The van der Waals surface area contributed by atoms with Gasteiger partial charge in [0.1, 0.15) is 11.5 Å². The maximum atomic E-state index is 10.6. The molecule has 3 heterocycles. The fourth-order valence-corrected chi connectivity index (χ4v) is 4.04. The third kappa shape index (κ3) is 9.62. The summed E-state index contributed by atoms with van der Waals surface area (Å²) < 4.78 is 75.1. The number of furan rings is 1. The molecule has 1 spiro atoms. The molecule has 1 aromatic rings. The Morgan fingerprint density at radius 1 is 1.00 bits per heavy atom. The van der Waals surface area contributed by atoms with Crippen molar-refractivity contribution in [2.75, 3.05) is 39.4 Å². The van der Waals surface area contributed by atoms with Crippen molar-refractivity contribution in [2.45, 2.75) is 57.0 Å². The van der Waals surface area contributed by atoms with Crippen molar-refractivity contribution in [2.24, 2.45) is 5.92 Å². The molecule has 0 atom stereocenters. The molecule has 2 N–H and O–H groups in total. The van der Waals surface area contributed by atoms with E-state index in [0.717, 1.165) is 56.8 Å². The van der Waals surface area contributed by atoms with E-state index in [2.05, 4.69) is 21.9 Å². The number of likely N-dealkylation sites (tertiary alicyclic amines) is 1. The average Bonchev–Trinajstić information content (AvgIpc) is 3.50. The number of piperidine rings is 1. The lowest BCUT2D eigenvalue weighted by Crippen LogP contribution is -2.61. The van der Waals surface area contributed by atoms with Crippen molar-refractivity contribution in [1.82, 2.24) is 9.80 Å². The third-order valence-electron chi connectivity index (χ3n) is 6.17. The third-order valence-corrected chi connectivity index (χ3v) is 6.17. The molecule has 36 heavy (non-hydrogen) atoms. The van der Waals surface area contributed by atoms with Gasteiger partial charge in [-0.25, -0.2) is 9.59 Å². The number of aryl methyl sites for hydroxylation is 1. The molecule has 0 amide bonds. The van der Waals surface area contributed by atoms with Crippen LogP contribution in [-0.2, 0) is 20.9 Å². The largest absolute Gasteiger partial charge is 0.490 e. The molecular weight excluding hydrogens is 502 g/mol. The van der Waals surface area contributed by atoms with Crippen LogP contribution in [0.4, 0.5) is 26.3 Å². The smallest absolute Gasteiger partial charge is 0.475 e. The highest BCUT2D eigenvalue weighted by Gasteiger charge is 2.44. The Morgan fingerprint density at radius 2 is 1.53 bits per heavy atom. The Morgan fingerprint density at radius 3 is 1.94 bits per heavy atom. The first kappa shape index (κ1) is 29.9. The number of aliphatic carboxylic acids is 2. The predicted octanol–water partition coefficient (Wildman–Crippen LogP) is 3.93. The SMILES string of the molecule is Cc1ccc(CN2CCC3(CC2)COCCN3CC2CC2)o1.O=C(O)C(F)(F)F.O=C(O)C(F)(F)F. The van der Waals surface area contributed by atoms with E-state index >= 15 is 0 Å². The van der Waals surface area contributed by atoms with Crippen LogP contribution in [0.1, 0.15) is 37.2 Å². The van der Waals surface area contributed by atoms with Gasteiger partial charge in [0.15, 0.2) is 0 Å². The summed E-state index contributed by atoms with van der Waals surface area (Å²) >= 11 is 0. The van der Waals surface area contributed by atoms with E-state index in [1.54, 1.807) is 0 Å². The lowest BCUT2D eigenvalue weighted by molar-refractivity contribution is -0.193. The van der Waals surface area contributed by atoms with Crippen molar-refractivity contribution >= 4 is 11.9 Å². The molecule has 2 aliphatic heterocycles. The van der Waals surface area contributed by atoms with Gasteiger partial charge in [0, 0.05) is 31.7 Å². The van der Waals surface area contributed by atoms with Crippen LogP contribution in [0.15, 0.2) is 16.5 Å². The minimum Gasteiger partial charge on any atom is -0.475 e. The Hall–Kier alpha value is -2.32. The highest BCUT2D eigenvalue weighted by Crippen LogP contribution is 2.37. The number of hydrogen-bond donors (Lipinski definition) is 2. The Labute approximate surface area is 203 Å². The summed E-state index contributed by atoms with van der Waals surface area (Å²) in [5.74, 6) is -2.43. The molecule has 1 aliphatic carbocycles. The zero-order valence-electron chi connectivity index (χ0n) is 19.7. The monoisotopic (exact) mass is 532 g/mol. The number of ether oxygens (including phenoxy) is 1. The van der Waals surface area contributed by atoms with Crippen molar-refractivity contribution < 1.29 is 55.3 Å². The number of halogens is 6. The molecule has 0 unspecified atom stereocenters. The van der Waals surface area contributed by atoms with Crippen molar-refractivity contribution in [3.63, 3.8) is 0 Å². The molecule has 14 heteroatoms. The average molecular weight is 532 g/mol. The van der Waals surface area contributed by atoms with Crippen LogP contribution < -0.4 is 0 Å². The first-order valence-electron chi connectivity index (χ1n) is 11.3. The summed E-state index contributed by atoms with van der Waals surface area (Å²) in [6.45, 7) is 9.58. The van der Waals surface area contributed by atoms with Gasteiger partial charge in [-0.05, 0) is 50.7 Å². The number of hydrogen-bond acceptors (Lipinski definition) is 6. The van der Waals surface area contributed by atoms with E-state index in [-0.39, 0.29) is 0 Å². The van der Waals surface area contributed by atoms with E-state index in [1.165, 1.54) is 32.2 Å². The van der Waals surface area contributed by atoms with E-state index in [4.69, 9.17) is 29.0 Å². The van der Waals surface area contributed by atoms with E-state index in [0.29, 0.717) is 5.54 Å². The number of nitrogens with zero attached hydrogens (tertiary/aromatic N) is 2. The number of carboxylic acid groups (broad SMARTS) is 2. The number of alkyl halides is 6. The van der Waals surface area contributed by atoms with Gasteiger partial charge in [0.05, 0.1) is 19.8 Å². The minimum absolute atomic E-state index is 0.316. The summed E-state index contributed by atoms with van der Waals surface area (Å²) in [6, 6.07) is 4.18. The highest BCUT2D eigenvalue weighted by molar-refractivity contribution is 5.73. The van der Waals surface area contributed by atoms with Crippen LogP contribution in [0.2, 0.25) is 0 Å². The molecule has 206 valence electrons. The van der Waals surface area contributed by atoms with Gasteiger partial charge in [-0.15, -0.1) is 0 Å². The first-order chi connectivity index (χ1) is 16.6. The molecule has 4 rings (SSSR count). The van der Waals surface area contributed by atoms with Crippen molar-refractivity contribution in [3.8, 4) is 0 Å². The topological polar surface area (TPSA) is 103 Å². The summed E-state index contributed by atoms with van der Waals surface area (Å²) in [5, 5.41) is 14.2. The Bertz CT molecular complexity index is 836. The highest BCUT2D eigenvalue weighted by atomic mass is 19.4. The van der Waals surface area contributed by atoms with Gasteiger partial charge in [-0.1, -0.05) is 0 Å². The van der Waals surface area contributed by atoms with Crippen molar-refractivity contribution in [3.05, 3.63) is 23.7 Å². The molecule has 1 saturated carbocycles. The zero-order chi connectivity index (χ0) is 27.1. The van der Waals surface area contributed by atoms with Crippen LogP contribution in [0.5, 0.6) is 0 Å². The summed E-state index contributed by atoms with van der Waals surface area (Å²) in [6.07, 6.45) is -4.81. The first-order valence-corrected chi connectivity index (χ1v) is 11.3. The molecule has 0 aromatic carbocycles. The van der Waals surface area contributed by atoms with Gasteiger partial charge in [0.2, 0.25) is 0 Å². The molecule has 8 nitrogen and oxygen atoms in total. The van der Waals surface area contributed by atoms with Gasteiger partial charge in [0.25, 0.3) is 0 Å². The zero-order valence-corrected chi connectivity index (χ0v) is 19.7. The molecular formula is C22H30F6N2O6. The van der Waals surface area contributed by atoms with Gasteiger partial charge in [-0.3, -0.25) is 9.80 Å². The van der Waals surface area contributed by atoms with Crippen LogP contribution in [-0.4, -0.2) is 89.2 Å². The summed E-state index contributed by atoms with van der Waals surface area (Å²) in [5.41, 5.74) is 0.316. The lowest BCUT2D eigenvalue weighted by Gasteiger charge is -2.51. The molecule has 1 aromatic heterocycles. The Balaban J connectivity index is 0.000000271.